The highest BCUT2D eigenvalue weighted by Gasteiger charge is 2.64. The number of halogens is 1. The van der Waals surface area contributed by atoms with Crippen LogP contribution in [0.4, 0.5) is 5.82 Å². The van der Waals surface area contributed by atoms with Gasteiger partial charge in [-0.1, -0.05) is 13.0 Å². The molecule has 0 unspecified atom stereocenters. The highest BCUT2D eigenvalue weighted by molar-refractivity contribution is 9.10. The van der Waals surface area contributed by atoms with Crippen molar-refractivity contribution in [1.82, 2.24) is 24.4 Å². The van der Waals surface area contributed by atoms with E-state index in [1.807, 2.05) is 42.7 Å². The van der Waals surface area contributed by atoms with E-state index in [1.165, 1.54) is 0 Å². The van der Waals surface area contributed by atoms with Crippen LogP contribution in [0.2, 0.25) is 0 Å². The van der Waals surface area contributed by atoms with Gasteiger partial charge in [-0.3, -0.25) is 14.4 Å². The normalized spacial score (nSPS) is 22.5. The first-order valence-corrected chi connectivity index (χ1v) is 15.5. The third-order valence-corrected chi connectivity index (χ3v) is 9.78. The number of benzene rings is 1. The molecule has 1 saturated heterocycles. The van der Waals surface area contributed by atoms with Crippen LogP contribution in [0.3, 0.4) is 0 Å². The molecule has 2 amide bonds. The Morgan fingerprint density at radius 1 is 1.07 bits per heavy atom. The third-order valence-electron chi connectivity index (χ3n) is 9.34. The molecule has 3 aliphatic rings. The first-order chi connectivity index (χ1) is 20.5. The molecule has 1 aromatic carbocycles. The van der Waals surface area contributed by atoms with Crippen LogP contribution in [0.15, 0.2) is 47.5 Å². The van der Waals surface area contributed by atoms with Crippen molar-refractivity contribution in [1.29, 1.82) is 0 Å². The fourth-order valence-corrected chi connectivity index (χ4v) is 7.14. The fourth-order valence-electron chi connectivity index (χ4n) is 6.83. The maximum atomic E-state index is 14.1. The van der Waals surface area contributed by atoms with Gasteiger partial charge in [0, 0.05) is 41.1 Å². The van der Waals surface area contributed by atoms with Crippen molar-refractivity contribution >= 4 is 50.2 Å². The summed E-state index contributed by atoms with van der Waals surface area (Å²) < 4.78 is 2.53. The number of piperidine rings is 1. The van der Waals surface area contributed by atoms with Crippen molar-refractivity contribution in [3.05, 3.63) is 70.0 Å². The zero-order valence-electron chi connectivity index (χ0n) is 24.6. The SMILES string of the molecule is CC(=O)c1cn(CC(=O)N2[C@H](C(=O)Nc3nc(Br)ccc3C3CC3)C[C@@]3(C)C[C@@H]23)c2c(C)cc(-c3cnc(C)nc3)cc12. The Labute approximate surface area is 258 Å². The number of fused-ring (bicyclic) bond motifs is 2. The zero-order valence-corrected chi connectivity index (χ0v) is 26.2. The van der Waals surface area contributed by atoms with Gasteiger partial charge < -0.3 is 14.8 Å². The lowest BCUT2D eigenvalue weighted by atomic mass is 10.0. The van der Waals surface area contributed by atoms with Gasteiger partial charge in [-0.15, -0.1) is 0 Å². The lowest BCUT2D eigenvalue weighted by molar-refractivity contribution is -0.138. The number of nitrogens with zero attached hydrogens (tertiary/aromatic N) is 5. The number of aryl methyl sites for hydroxylation is 2. The summed E-state index contributed by atoms with van der Waals surface area (Å²) in [7, 11) is 0. The van der Waals surface area contributed by atoms with Crippen molar-refractivity contribution in [3.8, 4) is 11.1 Å². The van der Waals surface area contributed by atoms with Gasteiger partial charge in [0.1, 0.15) is 28.8 Å². The Hall–Kier alpha value is -3.92. The maximum absolute atomic E-state index is 14.1. The summed E-state index contributed by atoms with van der Waals surface area (Å²) in [6, 6.07) is 7.38. The molecular formula is C33H33BrN6O3. The number of nitrogens with one attached hydrogen (secondary N) is 1. The van der Waals surface area contributed by atoms with Crippen molar-refractivity contribution in [2.75, 3.05) is 5.32 Å². The second-order valence-corrected chi connectivity index (χ2v) is 13.5. The number of ketones is 1. The lowest BCUT2D eigenvalue weighted by Crippen LogP contribution is -2.46. The largest absolute Gasteiger partial charge is 0.337 e. The molecule has 2 saturated carbocycles. The molecule has 220 valence electrons. The molecule has 0 radical (unpaired) electrons. The van der Waals surface area contributed by atoms with Gasteiger partial charge in [0.05, 0.1) is 5.52 Å². The van der Waals surface area contributed by atoms with Crippen LogP contribution in [0, 0.1) is 19.3 Å². The van der Waals surface area contributed by atoms with Crippen molar-refractivity contribution in [3.63, 3.8) is 0 Å². The van der Waals surface area contributed by atoms with E-state index in [2.05, 4.69) is 43.1 Å². The summed E-state index contributed by atoms with van der Waals surface area (Å²) in [5.41, 5.74) is 5.08. The number of Topliss-reactive ketones (excluding diaryl/α,β-unsaturated/α-hetero) is 1. The van der Waals surface area contributed by atoms with Crippen LogP contribution in [0.5, 0.6) is 0 Å². The summed E-state index contributed by atoms with van der Waals surface area (Å²) in [6.45, 7) is 7.55. The van der Waals surface area contributed by atoms with Crippen LogP contribution < -0.4 is 5.32 Å². The Kier molecular flexibility index (Phi) is 6.54. The van der Waals surface area contributed by atoms with Crippen molar-refractivity contribution < 1.29 is 14.4 Å². The highest BCUT2D eigenvalue weighted by Crippen LogP contribution is 2.59. The molecule has 10 heteroatoms. The van der Waals surface area contributed by atoms with Gasteiger partial charge >= 0.3 is 0 Å². The van der Waals surface area contributed by atoms with E-state index in [0.717, 1.165) is 52.4 Å². The Bertz CT molecular complexity index is 1830. The highest BCUT2D eigenvalue weighted by atomic mass is 79.9. The van der Waals surface area contributed by atoms with E-state index in [4.69, 9.17) is 0 Å². The number of hydrogen-bond acceptors (Lipinski definition) is 6. The predicted molar refractivity (Wildman–Crippen MR) is 167 cm³/mol. The Morgan fingerprint density at radius 3 is 2.51 bits per heavy atom. The van der Waals surface area contributed by atoms with Crippen LogP contribution in [-0.4, -0.2) is 54.1 Å². The molecule has 3 atom stereocenters. The van der Waals surface area contributed by atoms with Crippen molar-refractivity contribution in [2.45, 2.75) is 77.9 Å². The lowest BCUT2D eigenvalue weighted by Gasteiger charge is -2.27. The van der Waals surface area contributed by atoms with Crippen LogP contribution in [0.1, 0.15) is 72.8 Å². The first kappa shape index (κ1) is 27.9. The molecule has 7 rings (SSSR count). The summed E-state index contributed by atoms with van der Waals surface area (Å²) in [4.78, 5) is 55.5. The first-order valence-electron chi connectivity index (χ1n) is 14.7. The number of likely N-dealkylation sites (tertiary alicyclic amines) is 1. The topological polar surface area (TPSA) is 110 Å². The van der Waals surface area contributed by atoms with Gasteiger partial charge in [0.15, 0.2) is 5.78 Å². The average molecular weight is 642 g/mol. The second-order valence-electron chi connectivity index (χ2n) is 12.7. The van der Waals surface area contributed by atoms with E-state index in [0.29, 0.717) is 34.1 Å². The standard InChI is InChI=1S/C33H33BrN6O3/c1-17-9-21(22-13-35-19(3)36-14-22)10-24-25(18(2)41)15-39(30(17)24)16-29(42)40-26(11-33(4)12-27(33)40)32(43)38-31-23(20-5-6-20)7-8-28(34)37-31/h7-10,13-15,20,26-27H,5-6,11-12,16H2,1-4H3,(H,37,38,43)/t26-,27+,33-/m0/s1. The molecule has 4 aromatic rings. The molecule has 2 aliphatic carbocycles. The number of amides is 2. The molecule has 1 aliphatic heterocycles. The zero-order chi connectivity index (χ0) is 30.2. The van der Waals surface area contributed by atoms with Gasteiger partial charge in [-0.25, -0.2) is 15.0 Å². The van der Waals surface area contributed by atoms with Gasteiger partial charge in [-0.05, 0) is 109 Å². The van der Waals surface area contributed by atoms with Crippen LogP contribution in [-0.2, 0) is 16.1 Å². The van der Waals surface area contributed by atoms with Gasteiger partial charge in [0.2, 0.25) is 11.8 Å². The quantitative estimate of drug-likeness (QED) is 0.197. The Balaban J connectivity index is 1.19. The summed E-state index contributed by atoms with van der Waals surface area (Å²) >= 11 is 3.43. The number of rotatable bonds is 7. The van der Waals surface area contributed by atoms with E-state index < -0.39 is 6.04 Å². The monoisotopic (exact) mass is 640 g/mol. The minimum Gasteiger partial charge on any atom is -0.337 e. The molecule has 1 N–H and O–H groups in total. The van der Waals surface area contributed by atoms with E-state index in [-0.39, 0.29) is 35.6 Å². The molecule has 0 bridgehead atoms. The molecule has 3 aromatic heterocycles. The predicted octanol–water partition coefficient (Wildman–Crippen LogP) is 5.97. The van der Waals surface area contributed by atoms with E-state index in [1.54, 1.807) is 30.4 Å². The number of hydrogen-bond donors (Lipinski definition) is 1. The van der Waals surface area contributed by atoms with E-state index >= 15 is 0 Å². The maximum Gasteiger partial charge on any atom is 0.248 e. The molecule has 9 nitrogen and oxygen atoms in total. The molecule has 43 heavy (non-hydrogen) atoms. The summed E-state index contributed by atoms with van der Waals surface area (Å²) in [5.74, 6) is 1.29. The average Bonchev–Trinajstić information content (AvgIpc) is 3.85. The van der Waals surface area contributed by atoms with Gasteiger partial charge in [-0.2, -0.15) is 0 Å². The summed E-state index contributed by atoms with van der Waals surface area (Å²) in [6.07, 6.45) is 9.02. The molecular weight excluding hydrogens is 608 g/mol. The minimum absolute atomic E-state index is 0.0254. The third kappa shape index (κ3) is 4.95. The van der Waals surface area contributed by atoms with Crippen molar-refractivity contribution in [2.24, 2.45) is 5.41 Å². The fraction of sp³-hybridized carbons (Fsp3) is 0.394. The number of carbonyl (C=O) groups is 3. The summed E-state index contributed by atoms with van der Waals surface area (Å²) in [5, 5.41) is 3.86. The van der Waals surface area contributed by atoms with Crippen LogP contribution >= 0.6 is 15.9 Å². The number of anilines is 1. The molecule has 3 fully saturated rings. The van der Waals surface area contributed by atoms with E-state index in [9.17, 15) is 14.4 Å². The smallest absolute Gasteiger partial charge is 0.248 e. The van der Waals surface area contributed by atoms with Crippen LogP contribution in [0.25, 0.3) is 22.0 Å². The number of pyridine rings is 1. The molecule has 4 heterocycles. The molecule has 0 spiro atoms. The Morgan fingerprint density at radius 2 is 1.81 bits per heavy atom. The minimum atomic E-state index is -0.576. The number of carbonyl (C=O) groups excluding carboxylic acids is 3. The van der Waals surface area contributed by atoms with Gasteiger partial charge in [0.25, 0.3) is 0 Å². The second kappa shape index (κ2) is 10.1. The number of aromatic nitrogens is 4.